The number of halogens is 1. The first-order valence-corrected chi connectivity index (χ1v) is 8.57. The SMILES string of the molecule is CCc1nc(N)ccc1-c1c(F)ccc2cc(-c3ccccc3)cnc12. The van der Waals surface area contributed by atoms with Gasteiger partial charge in [0, 0.05) is 28.3 Å². The van der Waals surface area contributed by atoms with Crippen molar-refractivity contribution in [1.82, 2.24) is 9.97 Å². The van der Waals surface area contributed by atoms with E-state index in [1.807, 2.05) is 49.4 Å². The van der Waals surface area contributed by atoms with Gasteiger partial charge in [-0.25, -0.2) is 9.37 Å². The van der Waals surface area contributed by atoms with E-state index in [1.54, 1.807) is 18.3 Å². The van der Waals surface area contributed by atoms with Gasteiger partial charge in [0.2, 0.25) is 0 Å². The first-order valence-electron chi connectivity index (χ1n) is 8.57. The molecule has 2 heterocycles. The number of nitrogens with zero attached hydrogens (tertiary/aromatic N) is 2. The Hall–Kier alpha value is -3.27. The third-order valence-electron chi connectivity index (χ3n) is 4.51. The molecule has 0 fully saturated rings. The molecule has 0 radical (unpaired) electrons. The van der Waals surface area contributed by atoms with Crippen LogP contribution in [-0.2, 0) is 6.42 Å². The van der Waals surface area contributed by atoms with E-state index in [4.69, 9.17) is 5.73 Å². The first-order chi connectivity index (χ1) is 12.7. The average molecular weight is 343 g/mol. The maximum Gasteiger partial charge on any atom is 0.133 e. The quantitative estimate of drug-likeness (QED) is 0.553. The molecule has 26 heavy (non-hydrogen) atoms. The molecule has 0 saturated heterocycles. The average Bonchev–Trinajstić information content (AvgIpc) is 2.68. The number of anilines is 1. The molecule has 0 amide bonds. The van der Waals surface area contributed by atoms with E-state index in [0.717, 1.165) is 27.8 Å². The summed E-state index contributed by atoms with van der Waals surface area (Å²) >= 11 is 0. The summed E-state index contributed by atoms with van der Waals surface area (Å²) in [6.45, 7) is 1.98. The molecule has 4 rings (SSSR count). The van der Waals surface area contributed by atoms with E-state index < -0.39 is 0 Å². The molecule has 4 heteroatoms. The lowest BCUT2D eigenvalue weighted by molar-refractivity contribution is 0.632. The Morgan fingerprint density at radius 2 is 1.77 bits per heavy atom. The van der Waals surface area contributed by atoms with Crippen molar-refractivity contribution in [2.75, 3.05) is 5.73 Å². The van der Waals surface area contributed by atoms with E-state index in [0.29, 0.717) is 23.3 Å². The fourth-order valence-corrected chi connectivity index (χ4v) is 3.24. The molecule has 0 spiro atoms. The Bertz CT molecular complexity index is 1090. The summed E-state index contributed by atoms with van der Waals surface area (Å²) in [5, 5.41) is 0.890. The van der Waals surface area contributed by atoms with E-state index in [2.05, 4.69) is 9.97 Å². The van der Waals surface area contributed by atoms with Crippen molar-refractivity contribution in [2.45, 2.75) is 13.3 Å². The van der Waals surface area contributed by atoms with Crippen LogP contribution in [0.25, 0.3) is 33.2 Å². The molecule has 0 aliphatic rings. The molecule has 2 N–H and O–H groups in total. The van der Waals surface area contributed by atoms with Gasteiger partial charge in [-0.15, -0.1) is 0 Å². The number of aryl methyl sites for hydroxylation is 1. The van der Waals surface area contributed by atoms with Gasteiger partial charge in [0.25, 0.3) is 0 Å². The van der Waals surface area contributed by atoms with E-state index in [9.17, 15) is 4.39 Å². The molecular weight excluding hydrogens is 325 g/mol. The van der Waals surface area contributed by atoms with Crippen LogP contribution in [0.15, 0.2) is 66.9 Å². The monoisotopic (exact) mass is 343 g/mol. The number of nitrogen functional groups attached to an aromatic ring is 1. The van der Waals surface area contributed by atoms with Crippen LogP contribution in [0, 0.1) is 5.82 Å². The molecule has 0 aliphatic heterocycles. The fourth-order valence-electron chi connectivity index (χ4n) is 3.24. The number of hydrogen-bond acceptors (Lipinski definition) is 3. The molecule has 0 atom stereocenters. The van der Waals surface area contributed by atoms with Gasteiger partial charge >= 0.3 is 0 Å². The van der Waals surface area contributed by atoms with Gasteiger partial charge in [-0.1, -0.05) is 37.3 Å². The van der Waals surface area contributed by atoms with Crippen LogP contribution >= 0.6 is 0 Å². The Morgan fingerprint density at radius 3 is 2.54 bits per heavy atom. The van der Waals surface area contributed by atoms with Crippen LogP contribution < -0.4 is 5.73 Å². The van der Waals surface area contributed by atoms with Gasteiger partial charge in [-0.2, -0.15) is 0 Å². The molecule has 2 aromatic carbocycles. The molecule has 0 bridgehead atoms. The van der Waals surface area contributed by atoms with Gasteiger partial charge in [0.1, 0.15) is 11.6 Å². The van der Waals surface area contributed by atoms with Crippen molar-refractivity contribution in [3.05, 3.63) is 78.4 Å². The molecule has 0 saturated carbocycles. The molecule has 2 aromatic heterocycles. The van der Waals surface area contributed by atoms with Crippen molar-refractivity contribution < 1.29 is 4.39 Å². The number of aromatic nitrogens is 2. The molecule has 3 nitrogen and oxygen atoms in total. The molecule has 4 aromatic rings. The van der Waals surface area contributed by atoms with Crippen molar-refractivity contribution in [3.8, 4) is 22.3 Å². The smallest absolute Gasteiger partial charge is 0.133 e. The van der Waals surface area contributed by atoms with Crippen molar-refractivity contribution in [1.29, 1.82) is 0 Å². The maximum atomic E-state index is 14.7. The summed E-state index contributed by atoms with van der Waals surface area (Å²) in [5.74, 6) is 0.129. The highest BCUT2D eigenvalue weighted by atomic mass is 19.1. The van der Waals surface area contributed by atoms with Gasteiger partial charge in [-0.05, 0) is 42.3 Å². The third kappa shape index (κ3) is 2.80. The second-order valence-corrected chi connectivity index (χ2v) is 6.17. The zero-order valence-electron chi connectivity index (χ0n) is 14.4. The topological polar surface area (TPSA) is 51.8 Å². The second kappa shape index (κ2) is 6.56. The van der Waals surface area contributed by atoms with Crippen LogP contribution in [0.2, 0.25) is 0 Å². The highest BCUT2D eigenvalue weighted by Gasteiger charge is 2.16. The zero-order chi connectivity index (χ0) is 18.1. The molecular formula is C22H18FN3. The summed E-state index contributed by atoms with van der Waals surface area (Å²) in [5.41, 5.74) is 10.5. The Balaban J connectivity index is 1.95. The Morgan fingerprint density at radius 1 is 0.962 bits per heavy atom. The lowest BCUT2D eigenvalue weighted by Crippen LogP contribution is -2.00. The summed E-state index contributed by atoms with van der Waals surface area (Å²) in [6, 6.07) is 18.8. The van der Waals surface area contributed by atoms with E-state index >= 15 is 0 Å². The molecule has 0 unspecified atom stereocenters. The van der Waals surface area contributed by atoms with Gasteiger partial charge in [-0.3, -0.25) is 4.98 Å². The van der Waals surface area contributed by atoms with E-state index in [-0.39, 0.29) is 5.82 Å². The molecule has 0 aliphatic carbocycles. The van der Waals surface area contributed by atoms with Crippen LogP contribution in [0.4, 0.5) is 10.2 Å². The summed E-state index contributed by atoms with van der Waals surface area (Å²) in [6.07, 6.45) is 2.45. The number of rotatable bonds is 3. The van der Waals surface area contributed by atoms with Crippen molar-refractivity contribution in [3.63, 3.8) is 0 Å². The van der Waals surface area contributed by atoms with Crippen molar-refractivity contribution in [2.24, 2.45) is 0 Å². The van der Waals surface area contributed by atoms with Crippen LogP contribution in [0.3, 0.4) is 0 Å². The minimum absolute atomic E-state index is 0.307. The lowest BCUT2D eigenvalue weighted by atomic mass is 9.97. The highest BCUT2D eigenvalue weighted by molar-refractivity contribution is 5.96. The summed E-state index contributed by atoms with van der Waals surface area (Å²) in [4.78, 5) is 8.96. The number of fused-ring (bicyclic) bond motifs is 1. The molecule has 128 valence electrons. The minimum atomic E-state index is -0.307. The van der Waals surface area contributed by atoms with Crippen LogP contribution in [-0.4, -0.2) is 9.97 Å². The fraction of sp³-hybridized carbons (Fsp3) is 0.0909. The maximum absolute atomic E-state index is 14.7. The van der Waals surface area contributed by atoms with E-state index in [1.165, 1.54) is 6.07 Å². The van der Waals surface area contributed by atoms with Gasteiger partial charge in [0.15, 0.2) is 0 Å². The lowest BCUT2D eigenvalue weighted by Gasteiger charge is -2.12. The summed E-state index contributed by atoms with van der Waals surface area (Å²) in [7, 11) is 0. The van der Waals surface area contributed by atoms with Gasteiger partial charge in [0.05, 0.1) is 11.2 Å². The predicted molar refractivity (Wildman–Crippen MR) is 104 cm³/mol. The largest absolute Gasteiger partial charge is 0.384 e. The second-order valence-electron chi connectivity index (χ2n) is 6.17. The van der Waals surface area contributed by atoms with Crippen LogP contribution in [0.1, 0.15) is 12.6 Å². The Kier molecular flexibility index (Phi) is 4.09. The normalized spacial score (nSPS) is 11.0. The predicted octanol–water partition coefficient (Wildman–Crippen LogP) is 5.25. The Labute approximate surface area is 151 Å². The highest BCUT2D eigenvalue weighted by Crippen LogP contribution is 2.34. The number of pyridine rings is 2. The van der Waals surface area contributed by atoms with Crippen molar-refractivity contribution >= 4 is 16.7 Å². The third-order valence-corrected chi connectivity index (χ3v) is 4.51. The standard InChI is InChI=1S/C22H18FN3/c1-2-19-17(9-11-20(24)26-19)21-18(23)10-8-15-12-16(13-25-22(15)21)14-6-4-3-5-7-14/h3-13H,2H2,1H3,(H2,24,26). The van der Waals surface area contributed by atoms with Crippen LogP contribution in [0.5, 0.6) is 0 Å². The minimum Gasteiger partial charge on any atom is -0.384 e. The number of hydrogen-bond donors (Lipinski definition) is 1. The zero-order valence-corrected chi connectivity index (χ0v) is 14.4. The number of nitrogens with two attached hydrogens (primary N) is 1. The van der Waals surface area contributed by atoms with Gasteiger partial charge < -0.3 is 5.73 Å². The number of benzene rings is 2. The summed E-state index contributed by atoms with van der Waals surface area (Å²) < 4.78 is 14.7. The first kappa shape index (κ1) is 16.2.